The van der Waals surface area contributed by atoms with Crippen LogP contribution >= 0.6 is 0 Å². The highest BCUT2D eigenvalue weighted by atomic mass is 16.2. The number of aryl methyl sites for hydroxylation is 1. The van der Waals surface area contributed by atoms with E-state index in [-0.39, 0.29) is 17.9 Å². The van der Waals surface area contributed by atoms with Crippen LogP contribution in [0, 0.1) is 0 Å². The number of amides is 2. The van der Waals surface area contributed by atoms with E-state index in [2.05, 4.69) is 15.4 Å². The van der Waals surface area contributed by atoms with E-state index in [9.17, 15) is 9.59 Å². The predicted octanol–water partition coefficient (Wildman–Crippen LogP) is 0.564. The minimum atomic E-state index is -0.191. The fourth-order valence-corrected chi connectivity index (χ4v) is 3.09. The van der Waals surface area contributed by atoms with Crippen molar-refractivity contribution in [1.29, 1.82) is 0 Å². The minimum Gasteiger partial charge on any atom is -0.343 e. The van der Waals surface area contributed by atoms with Gasteiger partial charge in [-0.2, -0.15) is 5.10 Å². The Kier molecular flexibility index (Phi) is 3.71. The van der Waals surface area contributed by atoms with Gasteiger partial charge in [0.2, 0.25) is 0 Å². The van der Waals surface area contributed by atoms with Gasteiger partial charge in [-0.1, -0.05) is 23.4 Å². The maximum Gasteiger partial charge on any atom is 0.275 e. The topological polar surface area (TPSA) is 89.2 Å². The van der Waals surface area contributed by atoms with Gasteiger partial charge in [0.25, 0.3) is 11.8 Å². The molecule has 3 aromatic rings. The van der Waals surface area contributed by atoms with Gasteiger partial charge in [-0.05, 0) is 6.07 Å². The summed E-state index contributed by atoms with van der Waals surface area (Å²) in [6.07, 6.45) is 1.63. The number of benzene rings is 1. The molecule has 0 N–H and O–H groups in total. The summed E-state index contributed by atoms with van der Waals surface area (Å²) in [5.74, 6) is -0.286. The van der Waals surface area contributed by atoms with Crippen LogP contribution in [0.4, 0.5) is 0 Å². The van der Waals surface area contributed by atoms with Crippen LogP contribution in [0.15, 0.2) is 30.5 Å². The quantitative estimate of drug-likeness (QED) is 0.687. The number of aromatic nitrogens is 5. The van der Waals surface area contributed by atoms with Gasteiger partial charge in [0, 0.05) is 39.6 Å². The van der Waals surface area contributed by atoms with Crippen molar-refractivity contribution < 1.29 is 9.59 Å². The van der Waals surface area contributed by atoms with Crippen molar-refractivity contribution in [1.82, 2.24) is 34.6 Å². The second kappa shape index (κ2) is 5.94. The highest BCUT2D eigenvalue weighted by molar-refractivity contribution is 6.05. The molecule has 0 saturated carbocycles. The van der Waals surface area contributed by atoms with E-state index >= 15 is 0 Å². The van der Waals surface area contributed by atoms with Crippen molar-refractivity contribution in [3.63, 3.8) is 0 Å². The molecule has 2 aromatic heterocycles. The summed E-state index contributed by atoms with van der Waals surface area (Å²) in [5, 5.41) is 13.2. The molecular formula is C17H19N7O2. The Bertz CT molecular complexity index is 998. The number of para-hydroxylation sites is 1. The number of fused-ring (bicyclic) bond motifs is 1. The van der Waals surface area contributed by atoms with Crippen LogP contribution in [0.5, 0.6) is 0 Å². The van der Waals surface area contributed by atoms with Gasteiger partial charge in [-0.25, -0.2) is 4.68 Å². The molecule has 2 amide bonds. The maximum atomic E-state index is 12.8. The molecule has 9 heteroatoms. The van der Waals surface area contributed by atoms with E-state index in [1.807, 2.05) is 31.3 Å². The Morgan fingerprint density at radius 3 is 2.65 bits per heavy atom. The number of hydrogen-bond acceptors (Lipinski definition) is 5. The summed E-state index contributed by atoms with van der Waals surface area (Å²) in [6.45, 7) is 1.03. The number of carbonyl (C=O) groups is 2. The van der Waals surface area contributed by atoms with Crippen molar-refractivity contribution in [3.8, 4) is 0 Å². The second-order valence-electron chi connectivity index (χ2n) is 6.64. The van der Waals surface area contributed by atoms with Gasteiger partial charge in [0.15, 0.2) is 11.4 Å². The van der Waals surface area contributed by atoms with Crippen molar-refractivity contribution in [2.75, 3.05) is 27.2 Å². The first kappa shape index (κ1) is 16.2. The van der Waals surface area contributed by atoms with E-state index in [1.165, 1.54) is 4.90 Å². The molecule has 0 unspecified atom stereocenters. The smallest absolute Gasteiger partial charge is 0.275 e. The van der Waals surface area contributed by atoms with Crippen molar-refractivity contribution in [2.24, 2.45) is 7.05 Å². The second-order valence-corrected chi connectivity index (χ2v) is 6.64. The highest BCUT2D eigenvalue weighted by Crippen LogP contribution is 2.25. The van der Waals surface area contributed by atoms with Crippen LogP contribution in [0.25, 0.3) is 10.9 Å². The lowest BCUT2D eigenvalue weighted by atomic mass is 10.1. The standard InChI is InChI=1S/C17H19N7O2/c1-21(2)16(25)13-10-24(20-18-13)11-8-23(9-11)17(26)15-12-6-4-5-7-14(12)22(3)19-15/h4-7,10-11H,8-9H2,1-3H3. The van der Waals surface area contributed by atoms with E-state index in [4.69, 9.17) is 0 Å². The van der Waals surface area contributed by atoms with Crippen LogP contribution < -0.4 is 0 Å². The zero-order chi connectivity index (χ0) is 18.4. The monoisotopic (exact) mass is 353 g/mol. The van der Waals surface area contributed by atoms with Crippen molar-refractivity contribution >= 4 is 22.7 Å². The molecule has 4 rings (SSSR count). The first-order valence-corrected chi connectivity index (χ1v) is 8.30. The summed E-state index contributed by atoms with van der Waals surface area (Å²) >= 11 is 0. The molecule has 1 aliphatic heterocycles. The van der Waals surface area contributed by atoms with Gasteiger partial charge in [0.05, 0.1) is 17.8 Å². The van der Waals surface area contributed by atoms with E-state index < -0.39 is 0 Å². The minimum absolute atomic E-state index is 0.0186. The third kappa shape index (κ3) is 2.52. The first-order valence-electron chi connectivity index (χ1n) is 8.30. The Morgan fingerprint density at radius 1 is 1.19 bits per heavy atom. The summed E-state index contributed by atoms with van der Waals surface area (Å²) < 4.78 is 3.37. The normalized spacial score (nSPS) is 14.5. The molecule has 3 heterocycles. The predicted molar refractivity (Wildman–Crippen MR) is 93.7 cm³/mol. The van der Waals surface area contributed by atoms with E-state index in [0.717, 1.165) is 10.9 Å². The molecule has 0 atom stereocenters. The number of likely N-dealkylation sites (tertiary alicyclic amines) is 1. The molecule has 0 radical (unpaired) electrons. The molecule has 0 spiro atoms. The lowest BCUT2D eigenvalue weighted by Crippen LogP contribution is -2.51. The Morgan fingerprint density at radius 2 is 1.92 bits per heavy atom. The third-order valence-electron chi connectivity index (χ3n) is 4.62. The molecule has 26 heavy (non-hydrogen) atoms. The Balaban J connectivity index is 1.48. The molecule has 1 aliphatic rings. The summed E-state index contributed by atoms with van der Waals surface area (Å²) in [4.78, 5) is 27.9. The van der Waals surface area contributed by atoms with Crippen molar-refractivity contribution in [3.05, 3.63) is 41.9 Å². The lowest BCUT2D eigenvalue weighted by molar-refractivity contribution is 0.0493. The molecule has 9 nitrogen and oxygen atoms in total. The molecular weight excluding hydrogens is 334 g/mol. The van der Waals surface area contributed by atoms with Gasteiger partial charge < -0.3 is 9.80 Å². The molecule has 134 valence electrons. The van der Waals surface area contributed by atoms with Crippen LogP contribution in [-0.2, 0) is 7.05 Å². The van der Waals surface area contributed by atoms with Crippen LogP contribution in [0.3, 0.4) is 0 Å². The summed E-state index contributed by atoms with van der Waals surface area (Å²) in [7, 11) is 5.17. The van der Waals surface area contributed by atoms with E-state index in [0.29, 0.717) is 24.5 Å². The largest absolute Gasteiger partial charge is 0.343 e. The average molecular weight is 353 g/mol. The summed E-state index contributed by atoms with van der Waals surface area (Å²) in [5.41, 5.74) is 1.69. The number of hydrogen-bond donors (Lipinski definition) is 0. The zero-order valence-corrected chi connectivity index (χ0v) is 14.8. The van der Waals surface area contributed by atoms with Gasteiger partial charge in [-0.3, -0.25) is 14.3 Å². The fraction of sp³-hybridized carbons (Fsp3) is 0.353. The maximum absolute atomic E-state index is 12.8. The molecule has 1 fully saturated rings. The number of nitrogens with zero attached hydrogens (tertiary/aromatic N) is 7. The average Bonchev–Trinajstić information content (AvgIpc) is 3.18. The Labute approximate surface area is 149 Å². The SMILES string of the molecule is CN(C)C(=O)c1cn(C2CN(C(=O)c3nn(C)c4ccccc34)C2)nn1. The number of rotatable bonds is 3. The molecule has 1 aromatic carbocycles. The zero-order valence-electron chi connectivity index (χ0n) is 14.8. The molecule has 0 bridgehead atoms. The Hall–Kier alpha value is -3.23. The highest BCUT2D eigenvalue weighted by Gasteiger charge is 2.35. The first-order chi connectivity index (χ1) is 12.5. The van der Waals surface area contributed by atoms with Crippen LogP contribution in [-0.4, -0.2) is 73.6 Å². The molecule has 1 saturated heterocycles. The van der Waals surface area contributed by atoms with Gasteiger partial charge in [0.1, 0.15) is 0 Å². The van der Waals surface area contributed by atoms with Gasteiger partial charge >= 0.3 is 0 Å². The van der Waals surface area contributed by atoms with Crippen molar-refractivity contribution in [2.45, 2.75) is 6.04 Å². The van der Waals surface area contributed by atoms with E-state index in [1.54, 1.807) is 34.6 Å². The number of carbonyl (C=O) groups excluding carboxylic acids is 2. The fourth-order valence-electron chi connectivity index (χ4n) is 3.09. The van der Waals surface area contributed by atoms with Crippen LogP contribution in [0.1, 0.15) is 27.0 Å². The lowest BCUT2D eigenvalue weighted by Gasteiger charge is -2.38. The van der Waals surface area contributed by atoms with Crippen LogP contribution in [0.2, 0.25) is 0 Å². The molecule has 0 aliphatic carbocycles. The third-order valence-corrected chi connectivity index (χ3v) is 4.62. The summed E-state index contributed by atoms with van der Waals surface area (Å²) in [6, 6.07) is 7.69. The van der Waals surface area contributed by atoms with Gasteiger partial charge in [-0.15, -0.1) is 5.10 Å².